The van der Waals surface area contributed by atoms with Crippen molar-refractivity contribution in [2.24, 2.45) is 0 Å². The van der Waals surface area contributed by atoms with Crippen molar-refractivity contribution in [3.63, 3.8) is 0 Å². The van der Waals surface area contributed by atoms with Gasteiger partial charge in [-0.2, -0.15) is 13.2 Å². The van der Waals surface area contributed by atoms with E-state index in [1.54, 1.807) is 6.92 Å². The molecule has 0 aliphatic heterocycles. The quantitative estimate of drug-likeness (QED) is 0.670. The maximum Gasteiger partial charge on any atom is 0.417 e. The fraction of sp³-hybridized carbons (Fsp3) is 0.133. The number of carbonyl (C=O) groups excluding carboxylic acids is 1. The molecule has 0 heterocycles. The molecule has 0 radical (unpaired) electrons. The van der Waals surface area contributed by atoms with E-state index in [1.165, 1.54) is 36.4 Å². The largest absolute Gasteiger partial charge is 0.417 e. The molecule has 0 aliphatic rings. The molecular weight excluding hydrogens is 267 g/mol. The minimum atomic E-state index is -4.56. The predicted octanol–water partition coefficient (Wildman–Crippen LogP) is 3.83. The van der Waals surface area contributed by atoms with Crippen molar-refractivity contribution in [3.05, 3.63) is 64.7 Å². The molecule has 2 rings (SSSR count). The van der Waals surface area contributed by atoms with Crippen LogP contribution in [0.15, 0.2) is 42.5 Å². The molecule has 0 saturated heterocycles. The zero-order valence-electron chi connectivity index (χ0n) is 10.7. The zero-order chi connectivity index (χ0) is 14.9. The number of halogens is 3. The minimum Gasteiger partial charge on any atom is -0.399 e. The summed E-state index contributed by atoms with van der Waals surface area (Å²) in [6.45, 7) is 1.70. The Morgan fingerprint density at radius 1 is 1.10 bits per heavy atom. The van der Waals surface area contributed by atoms with E-state index >= 15 is 0 Å². The van der Waals surface area contributed by atoms with Gasteiger partial charge >= 0.3 is 6.18 Å². The van der Waals surface area contributed by atoms with E-state index in [0.717, 1.165) is 6.07 Å². The first kappa shape index (κ1) is 14.1. The van der Waals surface area contributed by atoms with Crippen molar-refractivity contribution >= 4 is 11.5 Å². The molecule has 0 aliphatic carbocycles. The molecule has 104 valence electrons. The maximum atomic E-state index is 12.9. The average Bonchev–Trinajstić information content (AvgIpc) is 2.40. The Labute approximate surface area is 114 Å². The van der Waals surface area contributed by atoms with Gasteiger partial charge in [0.25, 0.3) is 0 Å². The minimum absolute atomic E-state index is 0.188. The summed E-state index contributed by atoms with van der Waals surface area (Å²) in [7, 11) is 0. The van der Waals surface area contributed by atoms with E-state index in [0.29, 0.717) is 11.3 Å². The van der Waals surface area contributed by atoms with E-state index in [1.807, 2.05) is 0 Å². The van der Waals surface area contributed by atoms with Gasteiger partial charge in [-0.1, -0.05) is 18.2 Å². The van der Waals surface area contributed by atoms with Crippen molar-refractivity contribution in [1.29, 1.82) is 0 Å². The number of alkyl halides is 3. The summed E-state index contributed by atoms with van der Waals surface area (Å²) in [6, 6.07) is 9.18. The summed E-state index contributed by atoms with van der Waals surface area (Å²) in [5.74, 6) is -0.666. The van der Waals surface area contributed by atoms with Gasteiger partial charge in [-0.05, 0) is 36.8 Å². The van der Waals surface area contributed by atoms with E-state index in [-0.39, 0.29) is 11.1 Å². The summed E-state index contributed by atoms with van der Waals surface area (Å²) in [6.07, 6.45) is -4.56. The number of nitrogens with two attached hydrogens (primary N) is 1. The van der Waals surface area contributed by atoms with Gasteiger partial charge in [0.15, 0.2) is 5.78 Å². The number of aryl methyl sites for hydroxylation is 1. The van der Waals surface area contributed by atoms with E-state index in [9.17, 15) is 18.0 Å². The highest BCUT2D eigenvalue weighted by Gasteiger charge is 2.34. The Hall–Kier alpha value is -2.30. The second-order valence-corrected chi connectivity index (χ2v) is 4.44. The molecule has 0 bridgehead atoms. The summed E-state index contributed by atoms with van der Waals surface area (Å²) < 4.78 is 38.7. The van der Waals surface area contributed by atoms with Gasteiger partial charge in [0.05, 0.1) is 5.56 Å². The molecule has 0 saturated carbocycles. The summed E-state index contributed by atoms with van der Waals surface area (Å²) in [4.78, 5) is 12.2. The van der Waals surface area contributed by atoms with Crippen LogP contribution in [0.3, 0.4) is 0 Å². The standard InChI is InChI=1S/C15H12F3NO/c1-9-8-10(6-7-13(9)19)14(20)11-4-2-3-5-12(11)15(16,17)18/h2-8H,19H2,1H3. The van der Waals surface area contributed by atoms with Crippen LogP contribution in [0.2, 0.25) is 0 Å². The number of nitrogen functional groups attached to an aromatic ring is 1. The van der Waals surface area contributed by atoms with Gasteiger partial charge in [0.1, 0.15) is 0 Å². The number of rotatable bonds is 2. The molecule has 0 fully saturated rings. The third kappa shape index (κ3) is 2.66. The molecular formula is C15H12F3NO. The normalized spacial score (nSPS) is 11.4. The topological polar surface area (TPSA) is 43.1 Å². The van der Waals surface area contributed by atoms with E-state index < -0.39 is 17.5 Å². The van der Waals surface area contributed by atoms with Gasteiger partial charge in [-0.15, -0.1) is 0 Å². The monoisotopic (exact) mass is 279 g/mol. The zero-order valence-corrected chi connectivity index (χ0v) is 10.7. The Morgan fingerprint density at radius 3 is 2.35 bits per heavy atom. The lowest BCUT2D eigenvalue weighted by Crippen LogP contribution is -2.13. The van der Waals surface area contributed by atoms with Gasteiger partial charge in [-0.25, -0.2) is 0 Å². The number of anilines is 1. The van der Waals surface area contributed by atoms with Crippen LogP contribution in [0.4, 0.5) is 18.9 Å². The van der Waals surface area contributed by atoms with Crippen LogP contribution >= 0.6 is 0 Å². The lowest BCUT2D eigenvalue weighted by Gasteiger charge is -2.12. The molecule has 5 heteroatoms. The van der Waals surface area contributed by atoms with Crippen LogP contribution in [0, 0.1) is 6.92 Å². The molecule has 2 aromatic rings. The van der Waals surface area contributed by atoms with Crippen LogP contribution in [0.1, 0.15) is 27.0 Å². The van der Waals surface area contributed by atoms with Crippen molar-refractivity contribution in [3.8, 4) is 0 Å². The molecule has 2 aromatic carbocycles. The van der Waals surface area contributed by atoms with E-state index in [4.69, 9.17) is 5.73 Å². The number of hydrogen-bond donors (Lipinski definition) is 1. The van der Waals surface area contributed by atoms with Crippen LogP contribution in [0.25, 0.3) is 0 Å². The smallest absolute Gasteiger partial charge is 0.399 e. The molecule has 0 amide bonds. The molecule has 0 atom stereocenters. The second kappa shape index (κ2) is 5.00. The second-order valence-electron chi connectivity index (χ2n) is 4.44. The van der Waals surface area contributed by atoms with Crippen molar-refractivity contribution in [1.82, 2.24) is 0 Å². The molecule has 0 aromatic heterocycles. The highest BCUT2D eigenvalue weighted by molar-refractivity contribution is 6.10. The Morgan fingerprint density at radius 2 is 1.75 bits per heavy atom. The lowest BCUT2D eigenvalue weighted by atomic mass is 9.96. The first-order valence-corrected chi connectivity index (χ1v) is 5.88. The van der Waals surface area contributed by atoms with Gasteiger partial charge in [0, 0.05) is 16.8 Å². The third-order valence-corrected chi connectivity index (χ3v) is 3.01. The first-order chi connectivity index (χ1) is 9.30. The Bertz CT molecular complexity index is 662. The number of benzene rings is 2. The van der Waals surface area contributed by atoms with Crippen molar-refractivity contribution in [2.75, 3.05) is 5.73 Å². The lowest BCUT2D eigenvalue weighted by molar-refractivity contribution is -0.137. The summed E-state index contributed by atoms with van der Waals surface area (Å²) in [5, 5.41) is 0. The highest BCUT2D eigenvalue weighted by Crippen LogP contribution is 2.33. The van der Waals surface area contributed by atoms with Gasteiger partial charge in [-0.3, -0.25) is 4.79 Å². The number of hydrogen-bond acceptors (Lipinski definition) is 2. The molecule has 20 heavy (non-hydrogen) atoms. The fourth-order valence-corrected chi connectivity index (χ4v) is 1.90. The molecule has 2 nitrogen and oxygen atoms in total. The van der Waals surface area contributed by atoms with Gasteiger partial charge < -0.3 is 5.73 Å². The first-order valence-electron chi connectivity index (χ1n) is 5.88. The average molecular weight is 279 g/mol. The summed E-state index contributed by atoms with van der Waals surface area (Å²) >= 11 is 0. The third-order valence-electron chi connectivity index (χ3n) is 3.01. The van der Waals surface area contributed by atoms with E-state index in [2.05, 4.69) is 0 Å². The molecule has 2 N–H and O–H groups in total. The Balaban J connectivity index is 2.51. The molecule has 0 spiro atoms. The van der Waals surface area contributed by atoms with Crippen molar-refractivity contribution in [2.45, 2.75) is 13.1 Å². The van der Waals surface area contributed by atoms with Crippen LogP contribution in [0.5, 0.6) is 0 Å². The SMILES string of the molecule is Cc1cc(C(=O)c2ccccc2C(F)(F)F)ccc1N. The van der Waals surface area contributed by atoms with Crippen molar-refractivity contribution < 1.29 is 18.0 Å². The molecule has 0 unspecified atom stereocenters. The van der Waals surface area contributed by atoms with Crippen LogP contribution in [-0.2, 0) is 6.18 Å². The van der Waals surface area contributed by atoms with Crippen LogP contribution < -0.4 is 5.73 Å². The number of ketones is 1. The fourth-order valence-electron chi connectivity index (χ4n) is 1.90. The number of carbonyl (C=O) groups is 1. The predicted molar refractivity (Wildman–Crippen MR) is 70.5 cm³/mol. The van der Waals surface area contributed by atoms with Gasteiger partial charge in [0.2, 0.25) is 0 Å². The summed E-state index contributed by atoms with van der Waals surface area (Å²) in [5.41, 5.74) is 5.68. The Kier molecular flexibility index (Phi) is 3.53. The highest BCUT2D eigenvalue weighted by atomic mass is 19.4. The van der Waals surface area contributed by atoms with Crippen LogP contribution in [-0.4, -0.2) is 5.78 Å². The maximum absolute atomic E-state index is 12.9.